The van der Waals surface area contributed by atoms with E-state index in [1.54, 1.807) is 41.5 Å². The van der Waals surface area contributed by atoms with Gasteiger partial charge in [0.1, 0.15) is 41.3 Å². The van der Waals surface area contributed by atoms with Crippen molar-refractivity contribution in [3.05, 3.63) is 35.9 Å². The van der Waals surface area contributed by atoms with Crippen LogP contribution in [0.5, 0.6) is 0 Å². The molecule has 0 aliphatic carbocycles. The number of benzene rings is 1. The molecule has 3 rings (SSSR count). The molecule has 12 nitrogen and oxygen atoms in total. The molecule has 41 heavy (non-hydrogen) atoms. The van der Waals surface area contributed by atoms with Gasteiger partial charge in [0.15, 0.2) is 6.29 Å². The second-order valence-electron chi connectivity index (χ2n) is 12.3. The zero-order valence-electron chi connectivity index (χ0n) is 24.7. The van der Waals surface area contributed by atoms with E-state index >= 15 is 0 Å². The minimum Gasteiger partial charge on any atom is -0.458 e. The topological polar surface area (TPSA) is 159 Å². The molecule has 0 aromatic heterocycles. The van der Waals surface area contributed by atoms with Crippen LogP contribution >= 0.6 is 0 Å². The average molecular weight is 579 g/mol. The maximum Gasteiger partial charge on any atom is 0.408 e. The molecule has 2 heterocycles. The molecule has 228 valence electrons. The summed E-state index contributed by atoms with van der Waals surface area (Å²) in [4.78, 5) is 50.6. The van der Waals surface area contributed by atoms with Crippen LogP contribution in [0.3, 0.4) is 0 Å². The number of carbonyl (C=O) groups excluding carboxylic acids is 4. The lowest BCUT2D eigenvalue weighted by Gasteiger charge is -2.48. The Morgan fingerprint density at radius 2 is 1.63 bits per heavy atom. The van der Waals surface area contributed by atoms with Gasteiger partial charge in [-0.3, -0.25) is 9.59 Å². The lowest BCUT2D eigenvalue weighted by atomic mass is 9.88. The third-order valence-corrected chi connectivity index (χ3v) is 6.20. The van der Waals surface area contributed by atoms with Crippen molar-refractivity contribution in [3.63, 3.8) is 0 Å². The molecule has 12 heteroatoms. The molecule has 0 radical (unpaired) electrons. The van der Waals surface area contributed by atoms with Crippen molar-refractivity contribution in [2.75, 3.05) is 6.61 Å². The number of hydrogen-bond acceptors (Lipinski definition) is 10. The van der Waals surface area contributed by atoms with Gasteiger partial charge in [-0.05, 0) is 41.5 Å². The molecule has 2 fully saturated rings. The summed E-state index contributed by atoms with van der Waals surface area (Å²) in [5, 5.41) is 16.3. The second-order valence-corrected chi connectivity index (χ2v) is 12.3. The van der Waals surface area contributed by atoms with E-state index in [0.29, 0.717) is 0 Å². The largest absolute Gasteiger partial charge is 0.458 e. The highest BCUT2D eigenvalue weighted by molar-refractivity contribution is 5.89. The fraction of sp³-hybridized carbons (Fsp3) is 0.655. The minimum absolute atomic E-state index is 0.0828. The van der Waals surface area contributed by atoms with Crippen LogP contribution in [0.1, 0.15) is 73.2 Å². The zero-order valence-corrected chi connectivity index (χ0v) is 24.7. The number of amides is 2. The highest BCUT2D eigenvalue weighted by Gasteiger charge is 2.50. The second kappa shape index (κ2) is 13.3. The van der Waals surface area contributed by atoms with Crippen LogP contribution in [0.25, 0.3) is 0 Å². The van der Waals surface area contributed by atoms with Gasteiger partial charge in [-0.15, -0.1) is 0 Å². The monoisotopic (exact) mass is 578 g/mol. The molecule has 3 N–H and O–H groups in total. The molecule has 2 aliphatic rings. The van der Waals surface area contributed by atoms with Gasteiger partial charge in [-0.25, -0.2) is 9.59 Å². The third-order valence-electron chi connectivity index (χ3n) is 6.20. The quantitative estimate of drug-likeness (QED) is 0.391. The average Bonchev–Trinajstić information content (AvgIpc) is 2.84. The number of Topliss-reactive ketones (excluding diaryl/α,β-unsaturated/α-hetero) is 1. The van der Waals surface area contributed by atoms with E-state index in [9.17, 15) is 24.3 Å². The van der Waals surface area contributed by atoms with Gasteiger partial charge < -0.3 is 39.4 Å². The van der Waals surface area contributed by atoms with E-state index < -0.39 is 84.2 Å². The Balaban J connectivity index is 1.73. The summed E-state index contributed by atoms with van der Waals surface area (Å²) in [5.41, 5.74) is -0.934. The Morgan fingerprint density at radius 3 is 2.22 bits per heavy atom. The first-order valence-corrected chi connectivity index (χ1v) is 13.7. The number of alkyl carbamates (subject to hydrolysis) is 1. The molecule has 2 saturated heterocycles. The van der Waals surface area contributed by atoms with Crippen molar-refractivity contribution >= 4 is 23.8 Å². The summed E-state index contributed by atoms with van der Waals surface area (Å²) in [6.45, 7) is 11.4. The first-order valence-electron chi connectivity index (χ1n) is 13.7. The third kappa shape index (κ3) is 9.77. The number of ether oxygens (including phenoxy) is 5. The highest BCUT2D eigenvalue weighted by atomic mass is 16.7. The predicted molar refractivity (Wildman–Crippen MR) is 146 cm³/mol. The van der Waals surface area contributed by atoms with E-state index in [1.807, 2.05) is 30.3 Å². The van der Waals surface area contributed by atoms with E-state index in [-0.39, 0.29) is 13.0 Å². The van der Waals surface area contributed by atoms with Crippen molar-refractivity contribution in [3.8, 4) is 0 Å². The molecule has 0 bridgehead atoms. The van der Waals surface area contributed by atoms with Gasteiger partial charge in [0.05, 0.1) is 18.8 Å². The highest BCUT2D eigenvalue weighted by Crippen LogP contribution is 2.35. The normalized spacial score (nSPS) is 27.1. The number of rotatable bonds is 8. The minimum atomic E-state index is -1.33. The van der Waals surface area contributed by atoms with Gasteiger partial charge in [-0.1, -0.05) is 30.3 Å². The van der Waals surface area contributed by atoms with Crippen molar-refractivity contribution in [1.29, 1.82) is 0 Å². The molecule has 0 spiro atoms. The molecular weight excluding hydrogens is 536 g/mol. The Hall–Kier alpha value is -3.06. The van der Waals surface area contributed by atoms with Crippen LogP contribution in [0.2, 0.25) is 0 Å². The maximum absolute atomic E-state index is 13.3. The van der Waals surface area contributed by atoms with Crippen LogP contribution in [0.4, 0.5) is 4.79 Å². The van der Waals surface area contributed by atoms with Crippen LogP contribution in [-0.2, 0) is 38.1 Å². The van der Waals surface area contributed by atoms with Crippen LogP contribution < -0.4 is 10.6 Å². The van der Waals surface area contributed by atoms with E-state index in [1.165, 1.54) is 6.92 Å². The van der Waals surface area contributed by atoms with Crippen molar-refractivity contribution in [2.45, 2.75) is 115 Å². The van der Waals surface area contributed by atoms with E-state index in [0.717, 1.165) is 5.56 Å². The number of aliphatic hydroxyl groups is 1. The summed E-state index contributed by atoms with van der Waals surface area (Å²) in [7, 11) is 0. The molecule has 1 aromatic rings. The fourth-order valence-electron chi connectivity index (χ4n) is 4.62. The SMILES string of the molecule is CC(=O)N[C@H]1[C@@H](O)[C@@H]2O[C@H](c3ccccc3)OC[C@H]2O[C@H]1CC(=O)C[C@H](NC(=O)OC(C)(C)C)C(=O)OC(C)(C)C. The van der Waals surface area contributed by atoms with Crippen LogP contribution in [0.15, 0.2) is 30.3 Å². The molecule has 2 aliphatic heterocycles. The summed E-state index contributed by atoms with van der Waals surface area (Å²) in [5.74, 6) is -1.71. The first-order chi connectivity index (χ1) is 19.0. The number of esters is 1. The Kier molecular flexibility index (Phi) is 10.5. The Bertz CT molecular complexity index is 1080. The van der Waals surface area contributed by atoms with Crippen molar-refractivity contribution < 1.29 is 48.0 Å². The number of hydrogen-bond donors (Lipinski definition) is 3. The maximum atomic E-state index is 13.3. The van der Waals surface area contributed by atoms with Crippen molar-refractivity contribution in [1.82, 2.24) is 10.6 Å². The van der Waals surface area contributed by atoms with E-state index in [4.69, 9.17) is 23.7 Å². The number of fused-ring (bicyclic) bond motifs is 1. The molecule has 0 unspecified atom stereocenters. The lowest BCUT2D eigenvalue weighted by Crippen LogP contribution is -2.66. The summed E-state index contributed by atoms with van der Waals surface area (Å²) < 4.78 is 28.6. The summed E-state index contributed by atoms with van der Waals surface area (Å²) >= 11 is 0. The van der Waals surface area contributed by atoms with Gasteiger partial charge in [-0.2, -0.15) is 0 Å². The number of nitrogens with one attached hydrogen (secondary N) is 2. The summed E-state index contributed by atoms with van der Waals surface area (Å²) in [6, 6.07) is 6.90. The van der Waals surface area contributed by atoms with Gasteiger partial charge in [0, 0.05) is 25.3 Å². The Labute approximate surface area is 240 Å². The van der Waals surface area contributed by atoms with E-state index in [2.05, 4.69) is 10.6 Å². The lowest BCUT2D eigenvalue weighted by molar-refractivity contribution is -0.314. The number of aliphatic hydroxyl groups excluding tert-OH is 1. The number of carbonyl (C=O) groups is 4. The first kappa shape index (κ1) is 32.5. The molecule has 7 atom stereocenters. The molecular formula is C29H42N2O10. The zero-order chi connectivity index (χ0) is 30.5. The molecule has 1 aromatic carbocycles. The standard InChI is InChI=1S/C29H42N2O10/c1-16(32)30-22-20(38-21-15-37-26(39-24(21)23(22)34)17-11-9-8-10-12-17)14-18(33)13-19(25(35)40-28(2,3)4)31-27(36)41-29(5,6)7/h8-12,19-24,26,34H,13-15H2,1-7H3,(H,30,32)(H,31,36)/t19-,20-,21+,22+,23+,24+,26+/m0/s1. The molecule has 0 saturated carbocycles. The van der Waals surface area contributed by atoms with Gasteiger partial charge >= 0.3 is 12.1 Å². The summed E-state index contributed by atoms with van der Waals surface area (Å²) in [6.07, 6.45) is -6.03. The predicted octanol–water partition coefficient (Wildman–Crippen LogP) is 2.32. The van der Waals surface area contributed by atoms with Gasteiger partial charge in [0.2, 0.25) is 5.91 Å². The van der Waals surface area contributed by atoms with Gasteiger partial charge in [0.25, 0.3) is 0 Å². The van der Waals surface area contributed by atoms with Crippen LogP contribution in [-0.4, -0.2) is 83.2 Å². The Morgan fingerprint density at radius 1 is 1.00 bits per heavy atom. The number of ketones is 1. The fourth-order valence-corrected chi connectivity index (χ4v) is 4.62. The van der Waals surface area contributed by atoms with Crippen LogP contribution in [0, 0.1) is 0 Å². The molecule has 2 amide bonds. The van der Waals surface area contributed by atoms with Crippen molar-refractivity contribution in [2.24, 2.45) is 0 Å². The smallest absolute Gasteiger partial charge is 0.408 e.